The van der Waals surface area contributed by atoms with Gasteiger partial charge in [-0.2, -0.15) is 13.2 Å². The molecule has 2 aromatic rings. The average Bonchev–Trinajstić information content (AvgIpc) is 2.60. The van der Waals surface area contributed by atoms with E-state index in [0.29, 0.717) is 18.0 Å². The van der Waals surface area contributed by atoms with Crippen molar-refractivity contribution in [2.45, 2.75) is 12.7 Å². The van der Waals surface area contributed by atoms with E-state index in [9.17, 15) is 18.0 Å². The van der Waals surface area contributed by atoms with Crippen molar-refractivity contribution in [2.75, 3.05) is 11.9 Å². The van der Waals surface area contributed by atoms with Gasteiger partial charge in [-0.3, -0.25) is 4.79 Å². The first-order valence-corrected chi connectivity index (χ1v) is 7.52. The summed E-state index contributed by atoms with van der Waals surface area (Å²) in [5.41, 5.74) is 6.69. The minimum Gasteiger partial charge on any atom is -0.488 e. The first kappa shape index (κ1) is 17.0. The van der Waals surface area contributed by atoms with Gasteiger partial charge in [-0.25, -0.2) is 0 Å². The predicted octanol–water partition coefficient (Wildman–Crippen LogP) is 3.58. The number of halogens is 3. The van der Waals surface area contributed by atoms with Gasteiger partial charge in [0.15, 0.2) is 0 Å². The summed E-state index contributed by atoms with van der Waals surface area (Å²) >= 11 is 0. The summed E-state index contributed by atoms with van der Waals surface area (Å²) in [7, 11) is 0. The van der Waals surface area contributed by atoms with E-state index < -0.39 is 17.6 Å². The van der Waals surface area contributed by atoms with Crippen LogP contribution in [0, 0.1) is 0 Å². The van der Waals surface area contributed by atoms with E-state index in [1.165, 1.54) is 12.1 Å². The molecule has 1 aliphatic heterocycles. The molecule has 0 aliphatic carbocycles. The smallest absolute Gasteiger partial charge is 0.416 e. The summed E-state index contributed by atoms with van der Waals surface area (Å²) in [6.45, 7) is 0.386. The molecule has 0 saturated carbocycles. The van der Waals surface area contributed by atoms with Crippen LogP contribution in [0.3, 0.4) is 0 Å². The van der Waals surface area contributed by atoms with Crippen LogP contribution in [0.2, 0.25) is 0 Å². The topological polar surface area (TPSA) is 64.3 Å². The highest BCUT2D eigenvalue weighted by Crippen LogP contribution is 2.35. The number of rotatable bonds is 3. The Labute approximate surface area is 142 Å². The second-order valence-corrected chi connectivity index (χ2v) is 5.56. The highest BCUT2D eigenvalue weighted by Gasteiger charge is 2.31. The Morgan fingerprint density at radius 1 is 1.16 bits per heavy atom. The molecular weight excluding hydrogens is 333 g/mol. The fourth-order valence-electron chi connectivity index (χ4n) is 2.42. The molecule has 1 heterocycles. The minimum atomic E-state index is -4.45. The molecule has 7 heteroatoms. The van der Waals surface area contributed by atoms with Crippen molar-refractivity contribution in [1.29, 1.82) is 0 Å². The number of carbonyl (C=O) groups is 1. The summed E-state index contributed by atoms with van der Waals surface area (Å²) in [5.74, 6) is -0.111. The maximum atomic E-state index is 12.8. The van der Waals surface area contributed by atoms with E-state index in [1.54, 1.807) is 24.3 Å². The number of ether oxygens (including phenoxy) is 1. The molecular formula is C18H15F3N2O2. The van der Waals surface area contributed by atoms with E-state index in [1.807, 2.05) is 0 Å². The SMILES string of the molecule is NCc1ccc(NC(=O)C2=Cc3cc(C(F)(F)F)ccc3OC2)cc1. The zero-order chi connectivity index (χ0) is 18.0. The average molecular weight is 348 g/mol. The van der Waals surface area contributed by atoms with Gasteiger partial charge in [0.25, 0.3) is 5.91 Å². The van der Waals surface area contributed by atoms with Gasteiger partial charge in [-0.05, 0) is 42.0 Å². The van der Waals surface area contributed by atoms with Crippen LogP contribution in [0.15, 0.2) is 48.0 Å². The molecule has 25 heavy (non-hydrogen) atoms. The van der Waals surface area contributed by atoms with Crippen molar-refractivity contribution >= 4 is 17.7 Å². The third-order valence-corrected chi connectivity index (χ3v) is 3.79. The molecule has 1 aliphatic rings. The highest BCUT2D eigenvalue weighted by atomic mass is 19.4. The second kappa shape index (κ2) is 6.60. The molecule has 1 amide bonds. The predicted molar refractivity (Wildman–Crippen MR) is 87.9 cm³/mol. The Balaban J connectivity index is 1.81. The number of alkyl halides is 3. The summed E-state index contributed by atoms with van der Waals surface area (Å²) in [4.78, 5) is 12.3. The molecule has 3 N–H and O–H groups in total. The Hall–Kier alpha value is -2.80. The zero-order valence-electron chi connectivity index (χ0n) is 13.1. The lowest BCUT2D eigenvalue weighted by Crippen LogP contribution is -2.21. The fourth-order valence-corrected chi connectivity index (χ4v) is 2.42. The van der Waals surface area contributed by atoms with Gasteiger partial charge in [0.1, 0.15) is 12.4 Å². The molecule has 2 aromatic carbocycles. The molecule has 0 bridgehead atoms. The van der Waals surface area contributed by atoms with Crippen LogP contribution in [0.4, 0.5) is 18.9 Å². The van der Waals surface area contributed by atoms with Crippen LogP contribution in [0.1, 0.15) is 16.7 Å². The third-order valence-electron chi connectivity index (χ3n) is 3.79. The van der Waals surface area contributed by atoms with Crippen molar-refractivity contribution in [3.8, 4) is 5.75 Å². The van der Waals surface area contributed by atoms with Gasteiger partial charge in [0.05, 0.1) is 11.1 Å². The van der Waals surface area contributed by atoms with Crippen LogP contribution in [-0.4, -0.2) is 12.5 Å². The quantitative estimate of drug-likeness (QED) is 0.891. The van der Waals surface area contributed by atoms with Gasteiger partial charge in [0.2, 0.25) is 0 Å². The van der Waals surface area contributed by atoms with E-state index in [0.717, 1.165) is 17.7 Å². The molecule has 0 unspecified atom stereocenters. The van der Waals surface area contributed by atoms with Crippen molar-refractivity contribution in [2.24, 2.45) is 5.73 Å². The van der Waals surface area contributed by atoms with Crippen molar-refractivity contribution in [3.63, 3.8) is 0 Å². The number of benzene rings is 2. The zero-order valence-corrected chi connectivity index (χ0v) is 13.1. The van der Waals surface area contributed by atoms with Gasteiger partial charge in [-0.1, -0.05) is 12.1 Å². The summed E-state index contributed by atoms with van der Waals surface area (Å²) in [6.07, 6.45) is -3.04. The first-order valence-electron chi connectivity index (χ1n) is 7.52. The Morgan fingerprint density at radius 3 is 2.52 bits per heavy atom. The number of anilines is 1. The number of hydrogen-bond donors (Lipinski definition) is 2. The van der Waals surface area contributed by atoms with E-state index >= 15 is 0 Å². The Morgan fingerprint density at radius 2 is 1.88 bits per heavy atom. The molecule has 0 fully saturated rings. The van der Waals surface area contributed by atoms with E-state index in [-0.39, 0.29) is 17.7 Å². The van der Waals surface area contributed by atoms with Crippen LogP contribution >= 0.6 is 0 Å². The second-order valence-electron chi connectivity index (χ2n) is 5.56. The molecule has 130 valence electrons. The van der Waals surface area contributed by atoms with Crippen LogP contribution in [0.25, 0.3) is 6.08 Å². The third kappa shape index (κ3) is 3.83. The van der Waals surface area contributed by atoms with Gasteiger partial charge >= 0.3 is 6.18 Å². The number of fused-ring (bicyclic) bond motifs is 1. The summed E-state index contributed by atoms with van der Waals surface area (Å²) in [5, 5.41) is 2.69. The molecule has 0 saturated heterocycles. The lowest BCUT2D eigenvalue weighted by atomic mass is 10.0. The number of nitrogens with two attached hydrogens (primary N) is 1. The molecule has 3 rings (SSSR count). The van der Waals surface area contributed by atoms with Gasteiger partial charge < -0.3 is 15.8 Å². The van der Waals surface area contributed by atoms with Crippen molar-refractivity contribution in [3.05, 3.63) is 64.7 Å². The lowest BCUT2D eigenvalue weighted by molar-refractivity contribution is -0.137. The van der Waals surface area contributed by atoms with Crippen LogP contribution in [0.5, 0.6) is 5.75 Å². The fraction of sp³-hybridized carbons (Fsp3) is 0.167. The monoisotopic (exact) mass is 348 g/mol. The van der Waals surface area contributed by atoms with Gasteiger partial charge in [-0.15, -0.1) is 0 Å². The summed E-state index contributed by atoms with van der Waals surface area (Å²) in [6, 6.07) is 10.2. The summed E-state index contributed by atoms with van der Waals surface area (Å²) < 4.78 is 43.8. The molecule has 4 nitrogen and oxygen atoms in total. The molecule has 0 aromatic heterocycles. The van der Waals surface area contributed by atoms with Crippen LogP contribution in [-0.2, 0) is 17.5 Å². The first-order chi connectivity index (χ1) is 11.9. The largest absolute Gasteiger partial charge is 0.488 e. The maximum Gasteiger partial charge on any atom is 0.416 e. The molecule has 0 radical (unpaired) electrons. The minimum absolute atomic E-state index is 0.00885. The normalized spacial score (nSPS) is 13.5. The number of nitrogens with one attached hydrogen (secondary N) is 1. The lowest BCUT2D eigenvalue weighted by Gasteiger charge is -2.19. The van der Waals surface area contributed by atoms with E-state index in [2.05, 4.69) is 5.32 Å². The highest BCUT2D eigenvalue weighted by molar-refractivity contribution is 6.07. The molecule has 0 atom stereocenters. The van der Waals surface area contributed by atoms with E-state index in [4.69, 9.17) is 10.5 Å². The number of hydrogen-bond acceptors (Lipinski definition) is 3. The van der Waals surface area contributed by atoms with Crippen molar-refractivity contribution < 1.29 is 22.7 Å². The number of amides is 1. The molecule has 0 spiro atoms. The Bertz CT molecular complexity index is 827. The Kier molecular flexibility index (Phi) is 4.50. The van der Waals surface area contributed by atoms with Crippen molar-refractivity contribution in [1.82, 2.24) is 0 Å². The standard InChI is InChI=1S/C18H15F3N2O2/c19-18(20,21)14-3-6-16-12(8-14)7-13(10-25-16)17(24)23-15-4-1-11(9-22)2-5-15/h1-8H,9-10,22H2,(H,23,24). The number of carbonyl (C=O) groups excluding carboxylic acids is 1. The van der Waals surface area contributed by atoms with Gasteiger partial charge in [0, 0.05) is 17.8 Å². The van der Waals surface area contributed by atoms with Crippen LogP contribution < -0.4 is 15.8 Å². The maximum absolute atomic E-state index is 12.8.